The normalized spacial score (nSPS) is 12.8. The predicted octanol–water partition coefficient (Wildman–Crippen LogP) is 5.20. The molecule has 0 saturated carbocycles. The number of methoxy groups -OCH3 is 1. The SMILES string of the molecule is COc1cccc(C(N)=O)c1.Cc1ccc2c(N3CCCC3)nc(-c3ccccc3O)nc2c1.[HH].[HH]. The molecule has 1 amide bonds. The second-order valence-corrected chi connectivity index (χ2v) is 8.20. The van der Waals surface area contributed by atoms with Gasteiger partial charge in [-0.05, 0) is 67.8 Å². The molecular formula is C27H32N4O3. The second-order valence-electron chi connectivity index (χ2n) is 8.20. The molecule has 0 spiro atoms. The number of aromatic nitrogens is 2. The number of para-hydroxylation sites is 1. The molecule has 178 valence electrons. The fraction of sp³-hybridized carbons (Fsp3) is 0.222. The van der Waals surface area contributed by atoms with E-state index in [9.17, 15) is 9.90 Å². The third-order valence-electron chi connectivity index (χ3n) is 5.74. The molecule has 2 heterocycles. The number of hydrogen-bond donors (Lipinski definition) is 2. The Balaban J connectivity index is 0.000000301. The summed E-state index contributed by atoms with van der Waals surface area (Å²) in [5.41, 5.74) is 8.29. The van der Waals surface area contributed by atoms with Gasteiger partial charge < -0.3 is 20.5 Å². The van der Waals surface area contributed by atoms with E-state index in [2.05, 4.69) is 30.0 Å². The van der Waals surface area contributed by atoms with Gasteiger partial charge in [0.1, 0.15) is 17.3 Å². The summed E-state index contributed by atoms with van der Waals surface area (Å²) in [4.78, 5) is 22.5. The number of aryl methyl sites for hydroxylation is 1. The zero-order valence-electron chi connectivity index (χ0n) is 19.4. The van der Waals surface area contributed by atoms with Crippen molar-refractivity contribution in [2.75, 3.05) is 25.1 Å². The Labute approximate surface area is 201 Å². The van der Waals surface area contributed by atoms with Gasteiger partial charge in [0.2, 0.25) is 5.91 Å². The van der Waals surface area contributed by atoms with Crippen molar-refractivity contribution in [1.82, 2.24) is 9.97 Å². The minimum atomic E-state index is -0.441. The zero-order chi connectivity index (χ0) is 24.1. The lowest BCUT2D eigenvalue weighted by Crippen LogP contribution is -2.20. The minimum Gasteiger partial charge on any atom is -0.507 e. The van der Waals surface area contributed by atoms with Crippen molar-refractivity contribution in [2.24, 2.45) is 5.73 Å². The Bertz CT molecular complexity index is 1330. The van der Waals surface area contributed by atoms with Crippen molar-refractivity contribution in [1.29, 1.82) is 0 Å². The van der Waals surface area contributed by atoms with E-state index < -0.39 is 5.91 Å². The van der Waals surface area contributed by atoms with Gasteiger partial charge in [-0.2, -0.15) is 0 Å². The molecule has 0 aliphatic carbocycles. The van der Waals surface area contributed by atoms with Crippen molar-refractivity contribution in [3.05, 3.63) is 77.9 Å². The number of carbonyl (C=O) groups excluding carboxylic acids is 1. The summed E-state index contributed by atoms with van der Waals surface area (Å²) in [6.07, 6.45) is 2.40. The van der Waals surface area contributed by atoms with E-state index in [0.29, 0.717) is 22.7 Å². The first-order chi connectivity index (χ1) is 16.5. The van der Waals surface area contributed by atoms with Crippen molar-refractivity contribution in [3.63, 3.8) is 0 Å². The van der Waals surface area contributed by atoms with Crippen LogP contribution >= 0.6 is 0 Å². The molecule has 3 N–H and O–H groups in total. The van der Waals surface area contributed by atoms with Crippen LogP contribution in [0.15, 0.2) is 66.7 Å². The van der Waals surface area contributed by atoms with Crippen LogP contribution < -0.4 is 15.4 Å². The molecule has 34 heavy (non-hydrogen) atoms. The molecule has 0 bridgehead atoms. The van der Waals surface area contributed by atoms with Gasteiger partial charge in [0, 0.05) is 26.9 Å². The van der Waals surface area contributed by atoms with Crippen LogP contribution in [0.25, 0.3) is 22.3 Å². The first kappa shape index (κ1) is 23.0. The number of carbonyl (C=O) groups is 1. The highest BCUT2D eigenvalue weighted by molar-refractivity contribution is 5.93. The molecule has 0 atom stereocenters. The zero-order valence-corrected chi connectivity index (χ0v) is 19.4. The molecule has 1 aromatic heterocycles. The maximum atomic E-state index is 10.6. The van der Waals surface area contributed by atoms with Crippen LogP contribution in [0.1, 0.15) is 31.6 Å². The summed E-state index contributed by atoms with van der Waals surface area (Å²) >= 11 is 0. The molecule has 1 saturated heterocycles. The van der Waals surface area contributed by atoms with Gasteiger partial charge in [0.15, 0.2) is 5.82 Å². The maximum Gasteiger partial charge on any atom is 0.248 e. The number of amides is 1. The molecule has 7 nitrogen and oxygen atoms in total. The van der Waals surface area contributed by atoms with Gasteiger partial charge in [-0.1, -0.05) is 24.3 Å². The summed E-state index contributed by atoms with van der Waals surface area (Å²) in [6.45, 7) is 4.12. The quantitative estimate of drug-likeness (QED) is 0.434. The Morgan fingerprint density at radius 1 is 1.03 bits per heavy atom. The number of ether oxygens (including phenoxy) is 1. The first-order valence-electron chi connectivity index (χ1n) is 11.2. The number of fused-ring (bicyclic) bond motifs is 1. The maximum absolute atomic E-state index is 10.6. The Morgan fingerprint density at radius 3 is 2.50 bits per heavy atom. The van der Waals surface area contributed by atoms with Crippen molar-refractivity contribution in [2.45, 2.75) is 19.8 Å². The Hall–Kier alpha value is -4.13. The number of phenols is 1. The molecule has 7 heteroatoms. The van der Waals surface area contributed by atoms with Crippen LogP contribution in [0, 0.1) is 6.92 Å². The van der Waals surface area contributed by atoms with E-state index in [1.54, 1.807) is 37.4 Å². The number of benzene rings is 3. The minimum absolute atomic E-state index is 0. The van der Waals surface area contributed by atoms with Gasteiger partial charge in [-0.15, -0.1) is 0 Å². The second kappa shape index (κ2) is 10.2. The fourth-order valence-corrected chi connectivity index (χ4v) is 3.95. The summed E-state index contributed by atoms with van der Waals surface area (Å²) < 4.78 is 4.90. The highest BCUT2D eigenvalue weighted by Gasteiger charge is 2.19. The van der Waals surface area contributed by atoms with Crippen LogP contribution in [0.4, 0.5) is 5.82 Å². The van der Waals surface area contributed by atoms with Crippen LogP contribution in [-0.4, -0.2) is 41.2 Å². The molecule has 1 aliphatic heterocycles. The van der Waals surface area contributed by atoms with Gasteiger partial charge in [-0.3, -0.25) is 4.79 Å². The first-order valence-corrected chi connectivity index (χ1v) is 11.2. The Kier molecular flexibility index (Phi) is 6.92. The van der Waals surface area contributed by atoms with Crippen molar-refractivity contribution < 1.29 is 17.5 Å². The fourth-order valence-electron chi connectivity index (χ4n) is 3.95. The topological polar surface area (TPSA) is 102 Å². The van der Waals surface area contributed by atoms with E-state index in [-0.39, 0.29) is 8.60 Å². The molecule has 0 radical (unpaired) electrons. The molecule has 5 rings (SSSR count). The van der Waals surface area contributed by atoms with Crippen LogP contribution in [0.5, 0.6) is 11.5 Å². The molecule has 1 fully saturated rings. The van der Waals surface area contributed by atoms with Crippen molar-refractivity contribution >= 4 is 22.6 Å². The smallest absolute Gasteiger partial charge is 0.248 e. The summed E-state index contributed by atoms with van der Waals surface area (Å²) in [5, 5.41) is 11.2. The van der Waals surface area contributed by atoms with E-state index in [1.165, 1.54) is 18.4 Å². The highest BCUT2D eigenvalue weighted by Crippen LogP contribution is 2.33. The van der Waals surface area contributed by atoms with Gasteiger partial charge >= 0.3 is 0 Å². The lowest BCUT2D eigenvalue weighted by molar-refractivity contribution is 0.1000. The van der Waals surface area contributed by atoms with E-state index in [0.717, 1.165) is 29.8 Å². The highest BCUT2D eigenvalue weighted by atomic mass is 16.5. The average molecular weight is 461 g/mol. The van der Waals surface area contributed by atoms with Crippen molar-refractivity contribution in [3.8, 4) is 22.9 Å². The van der Waals surface area contributed by atoms with E-state index in [4.69, 9.17) is 20.4 Å². The largest absolute Gasteiger partial charge is 0.507 e. The number of nitrogens with zero attached hydrogens (tertiary/aromatic N) is 3. The van der Waals surface area contributed by atoms with Gasteiger partial charge in [0.05, 0.1) is 18.2 Å². The van der Waals surface area contributed by atoms with Crippen LogP contribution in [0.2, 0.25) is 0 Å². The number of hydrogen-bond acceptors (Lipinski definition) is 6. The summed E-state index contributed by atoms with van der Waals surface area (Å²) in [7, 11) is 1.54. The number of primary amides is 1. The van der Waals surface area contributed by atoms with Gasteiger partial charge in [0.25, 0.3) is 0 Å². The van der Waals surface area contributed by atoms with Gasteiger partial charge in [-0.25, -0.2) is 9.97 Å². The molecular weight excluding hydrogens is 428 g/mol. The third kappa shape index (κ3) is 5.09. The monoisotopic (exact) mass is 460 g/mol. The number of rotatable bonds is 4. The molecule has 0 unspecified atom stereocenters. The average Bonchev–Trinajstić information content (AvgIpc) is 3.39. The van der Waals surface area contributed by atoms with Crippen LogP contribution in [0.3, 0.4) is 0 Å². The molecule has 3 aromatic carbocycles. The molecule has 4 aromatic rings. The number of nitrogens with two attached hydrogens (primary N) is 1. The predicted molar refractivity (Wildman–Crippen MR) is 139 cm³/mol. The molecule has 1 aliphatic rings. The number of aromatic hydroxyl groups is 1. The van der Waals surface area contributed by atoms with E-state index in [1.807, 2.05) is 18.2 Å². The number of phenolic OH excluding ortho intramolecular Hbond substituents is 1. The Morgan fingerprint density at radius 2 is 1.79 bits per heavy atom. The number of anilines is 1. The summed E-state index contributed by atoms with van der Waals surface area (Å²) in [6, 6.07) is 20.3. The third-order valence-corrected chi connectivity index (χ3v) is 5.74. The lowest BCUT2D eigenvalue weighted by Gasteiger charge is -2.19. The summed E-state index contributed by atoms with van der Waals surface area (Å²) in [5.74, 6) is 1.98. The lowest BCUT2D eigenvalue weighted by atomic mass is 10.1. The standard InChI is InChI=1S/C19H19N3O.C8H9NO2.2H2/c1-13-8-9-14-16(12-13)20-18(15-6-2-3-7-17(15)23)21-19(14)22-10-4-5-11-22;1-11-7-4-2-3-6(5-7)8(9)10;;/h2-3,6-9,12,23H,4-5,10-11H2,1H3;2-5H,1H3,(H2,9,10);2*1H. The van der Waals surface area contributed by atoms with E-state index >= 15 is 0 Å². The van der Waals surface area contributed by atoms with Crippen LogP contribution in [-0.2, 0) is 0 Å².